The summed E-state index contributed by atoms with van der Waals surface area (Å²) in [7, 11) is 6.40. The quantitative estimate of drug-likeness (QED) is 0.727. The molecule has 1 aliphatic heterocycles. The fourth-order valence-corrected chi connectivity index (χ4v) is 3.99. The van der Waals surface area contributed by atoms with Gasteiger partial charge in [-0.2, -0.15) is 0 Å². The van der Waals surface area contributed by atoms with E-state index in [2.05, 4.69) is 0 Å². The summed E-state index contributed by atoms with van der Waals surface area (Å²) < 4.78 is 22.1. The third-order valence-electron chi connectivity index (χ3n) is 5.37. The molecule has 7 nitrogen and oxygen atoms in total. The van der Waals surface area contributed by atoms with Crippen LogP contribution in [0, 0.1) is 0 Å². The van der Waals surface area contributed by atoms with Crippen molar-refractivity contribution >= 4 is 5.97 Å². The van der Waals surface area contributed by atoms with Crippen molar-refractivity contribution in [2.75, 3.05) is 35.0 Å². The van der Waals surface area contributed by atoms with E-state index in [4.69, 9.17) is 18.9 Å². The van der Waals surface area contributed by atoms with Crippen molar-refractivity contribution in [3.8, 4) is 23.0 Å². The second-order valence-electron chi connectivity index (χ2n) is 6.85. The van der Waals surface area contributed by atoms with E-state index in [1.54, 1.807) is 28.4 Å². The van der Waals surface area contributed by atoms with Gasteiger partial charge in [-0.25, -0.2) is 0 Å². The van der Waals surface area contributed by atoms with Crippen LogP contribution < -0.4 is 18.9 Å². The number of carboxylic acids is 1. The summed E-state index contributed by atoms with van der Waals surface area (Å²) in [5.74, 6) is 1.79. The molecular formula is C22H27NO6. The molecule has 0 saturated carbocycles. The van der Waals surface area contributed by atoms with Crippen LogP contribution in [0.25, 0.3) is 0 Å². The first-order valence-electron chi connectivity index (χ1n) is 9.46. The second-order valence-corrected chi connectivity index (χ2v) is 6.85. The highest BCUT2D eigenvalue weighted by atomic mass is 16.5. The summed E-state index contributed by atoms with van der Waals surface area (Å²) in [4.78, 5) is 14.0. The maximum absolute atomic E-state index is 12.0. The first-order valence-corrected chi connectivity index (χ1v) is 9.46. The Bertz CT molecular complexity index is 813. The smallest absolute Gasteiger partial charge is 0.320 e. The van der Waals surface area contributed by atoms with E-state index >= 15 is 0 Å². The molecule has 1 unspecified atom stereocenters. The molecule has 1 N–H and O–H groups in total. The average Bonchev–Trinajstić information content (AvgIpc) is 3.23. The van der Waals surface area contributed by atoms with Gasteiger partial charge in [0.1, 0.15) is 29.0 Å². The maximum atomic E-state index is 12.0. The highest BCUT2D eigenvalue weighted by Crippen LogP contribution is 2.44. The maximum Gasteiger partial charge on any atom is 0.320 e. The Morgan fingerprint density at radius 3 is 1.86 bits per heavy atom. The van der Waals surface area contributed by atoms with Crippen molar-refractivity contribution < 1.29 is 28.8 Å². The van der Waals surface area contributed by atoms with Gasteiger partial charge in [-0.3, -0.25) is 9.69 Å². The first-order chi connectivity index (χ1) is 14.0. The van der Waals surface area contributed by atoms with E-state index in [0.29, 0.717) is 36.0 Å². The SMILES string of the molecule is COc1ccc(OC)c(C(c2cc(OC)ccc2OC)N2CCCC2C(=O)O)c1. The highest BCUT2D eigenvalue weighted by Gasteiger charge is 2.39. The molecule has 1 saturated heterocycles. The van der Waals surface area contributed by atoms with Gasteiger partial charge in [0.25, 0.3) is 0 Å². The lowest BCUT2D eigenvalue weighted by molar-refractivity contribution is -0.142. The summed E-state index contributed by atoms with van der Waals surface area (Å²) in [6.07, 6.45) is 1.39. The molecule has 3 rings (SSSR count). The van der Waals surface area contributed by atoms with Crippen LogP contribution in [0.15, 0.2) is 36.4 Å². The van der Waals surface area contributed by atoms with Gasteiger partial charge in [-0.15, -0.1) is 0 Å². The molecule has 1 heterocycles. The lowest BCUT2D eigenvalue weighted by Crippen LogP contribution is -2.39. The number of carboxylic acid groups (broad SMARTS) is 1. The number of likely N-dealkylation sites (tertiary alicyclic amines) is 1. The van der Waals surface area contributed by atoms with E-state index in [9.17, 15) is 9.90 Å². The zero-order chi connectivity index (χ0) is 21.0. The Labute approximate surface area is 170 Å². The molecule has 0 spiro atoms. The average molecular weight is 401 g/mol. The lowest BCUT2D eigenvalue weighted by Gasteiger charge is -2.33. The molecule has 1 fully saturated rings. The summed E-state index contributed by atoms with van der Waals surface area (Å²) in [6, 6.07) is 10.1. The monoisotopic (exact) mass is 401 g/mol. The molecule has 29 heavy (non-hydrogen) atoms. The van der Waals surface area contributed by atoms with Crippen molar-refractivity contribution in [3.63, 3.8) is 0 Å². The van der Waals surface area contributed by atoms with Crippen molar-refractivity contribution in [2.24, 2.45) is 0 Å². The van der Waals surface area contributed by atoms with Gasteiger partial charge in [0.2, 0.25) is 0 Å². The summed E-state index contributed by atoms with van der Waals surface area (Å²) in [6.45, 7) is 0.641. The fraction of sp³-hybridized carbons (Fsp3) is 0.409. The molecule has 156 valence electrons. The molecular weight excluding hydrogens is 374 g/mol. The van der Waals surface area contributed by atoms with Crippen LogP contribution in [0.3, 0.4) is 0 Å². The standard InChI is InChI=1S/C22H27NO6/c1-26-14-7-9-19(28-3)16(12-14)21(23-11-5-6-18(23)22(24)25)17-13-15(27-2)8-10-20(17)29-4/h7-10,12-13,18,21H,5-6,11H2,1-4H3,(H,24,25). The Kier molecular flexibility index (Phi) is 6.49. The van der Waals surface area contributed by atoms with E-state index in [1.165, 1.54) is 0 Å². The van der Waals surface area contributed by atoms with E-state index in [0.717, 1.165) is 17.5 Å². The molecule has 0 amide bonds. The lowest BCUT2D eigenvalue weighted by atomic mass is 9.94. The molecule has 1 aliphatic rings. The molecule has 7 heteroatoms. The largest absolute Gasteiger partial charge is 0.497 e. The molecule has 0 aromatic heterocycles. The number of rotatable bonds is 8. The molecule has 0 radical (unpaired) electrons. The molecule has 0 aliphatic carbocycles. The van der Waals surface area contributed by atoms with Crippen LogP contribution in [0.1, 0.15) is 30.0 Å². The Morgan fingerprint density at radius 1 is 0.931 bits per heavy atom. The van der Waals surface area contributed by atoms with Gasteiger partial charge in [0.15, 0.2) is 0 Å². The summed E-state index contributed by atoms with van der Waals surface area (Å²) in [5, 5.41) is 9.83. The minimum absolute atomic E-state index is 0.409. The van der Waals surface area contributed by atoms with E-state index < -0.39 is 18.1 Å². The first kappa shape index (κ1) is 20.8. The molecule has 1 atom stereocenters. The van der Waals surface area contributed by atoms with Gasteiger partial charge in [0, 0.05) is 17.7 Å². The van der Waals surface area contributed by atoms with Crippen molar-refractivity contribution in [2.45, 2.75) is 24.9 Å². The van der Waals surface area contributed by atoms with Crippen LogP contribution in [-0.4, -0.2) is 57.0 Å². The van der Waals surface area contributed by atoms with Crippen molar-refractivity contribution in [3.05, 3.63) is 47.5 Å². The van der Waals surface area contributed by atoms with Crippen LogP contribution in [-0.2, 0) is 4.79 Å². The molecule has 0 bridgehead atoms. The van der Waals surface area contributed by atoms with Crippen molar-refractivity contribution in [1.82, 2.24) is 4.90 Å². The summed E-state index contributed by atoms with van der Waals surface area (Å²) >= 11 is 0. The van der Waals surface area contributed by atoms with Crippen LogP contribution in [0.4, 0.5) is 0 Å². The van der Waals surface area contributed by atoms with Crippen LogP contribution >= 0.6 is 0 Å². The minimum atomic E-state index is -0.837. The van der Waals surface area contributed by atoms with Gasteiger partial charge in [-0.1, -0.05) is 0 Å². The fourth-order valence-electron chi connectivity index (χ4n) is 3.99. The predicted molar refractivity (Wildman–Crippen MR) is 108 cm³/mol. The van der Waals surface area contributed by atoms with E-state index in [-0.39, 0.29) is 0 Å². The Balaban J connectivity index is 2.25. The second kappa shape index (κ2) is 9.05. The Morgan fingerprint density at radius 2 is 1.45 bits per heavy atom. The van der Waals surface area contributed by atoms with Crippen LogP contribution in [0.2, 0.25) is 0 Å². The topological polar surface area (TPSA) is 77.5 Å². The summed E-state index contributed by atoms with van der Waals surface area (Å²) in [5.41, 5.74) is 1.62. The van der Waals surface area contributed by atoms with E-state index in [1.807, 2.05) is 41.3 Å². The molecule has 2 aromatic rings. The highest BCUT2D eigenvalue weighted by molar-refractivity contribution is 5.74. The predicted octanol–water partition coefficient (Wildman–Crippen LogP) is 3.36. The van der Waals surface area contributed by atoms with Gasteiger partial charge < -0.3 is 24.1 Å². The zero-order valence-electron chi connectivity index (χ0n) is 17.2. The Hall–Kier alpha value is -2.93. The zero-order valence-corrected chi connectivity index (χ0v) is 17.2. The third-order valence-corrected chi connectivity index (χ3v) is 5.37. The number of aliphatic carboxylic acids is 1. The molecule has 2 aromatic carbocycles. The van der Waals surface area contributed by atoms with Crippen LogP contribution in [0.5, 0.6) is 23.0 Å². The number of benzene rings is 2. The van der Waals surface area contributed by atoms with Gasteiger partial charge >= 0.3 is 5.97 Å². The normalized spacial score (nSPS) is 16.7. The number of hydrogen-bond acceptors (Lipinski definition) is 6. The number of ether oxygens (including phenoxy) is 4. The van der Waals surface area contributed by atoms with Gasteiger partial charge in [-0.05, 0) is 49.2 Å². The third kappa shape index (κ3) is 4.10. The minimum Gasteiger partial charge on any atom is -0.497 e. The number of hydrogen-bond donors (Lipinski definition) is 1. The van der Waals surface area contributed by atoms with Crippen molar-refractivity contribution in [1.29, 1.82) is 0 Å². The number of carbonyl (C=O) groups is 1. The van der Waals surface area contributed by atoms with Gasteiger partial charge in [0.05, 0.1) is 34.5 Å². The number of nitrogens with zero attached hydrogens (tertiary/aromatic N) is 1. The number of methoxy groups -OCH3 is 4.